The van der Waals surface area contributed by atoms with Crippen LogP contribution in [0.5, 0.6) is 0 Å². The zero-order valence-corrected chi connectivity index (χ0v) is 17.4. The Balaban J connectivity index is 0.00000484. The van der Waals surface area contributed by atoms with Gasteiger partial charge in [0, 0.05) is 26.7 Å². The lowest BCUT2D eigenvalue weighted by atomic mass is 10.0. The number of rotatable bonds is 8. The van der Waals surface area contributed by atoms with E-state index in [-0.39, 0.29) is 24.0 Å². The minimum Gasteiger partial charge on any atom is -0.380 e. The molecule has 1 atom stereocenters. The Morgan fingerprint density at radius 2 is 1.78 bits per heavy atom. The number of hydrogen-bond acceptors (Lipinski definition) is 2. The molecule has 1 aromatic rings. The lowest BCUT2D eigenvalue weighted by Gasteiger charge is -2.19. The summed E-state index contributed by atoms with van der Waals surface area (Å²) in [6.45, 7) is 8.10. The van der Waals surface area contributed by atoms with Gasteiger partial charge in [-0.15, -0.1) is 24.0 Å². The van der Waals surface area contributed by atoms with Crippen LogP contribution in [0.2, 0.25) is 0 Å². The Hall–Kier alpha value is -0.820. The molecule has 132 valence electrons. The van der Waals surface area contributed by atoms with Crippen LogP contribution in [0.4, 0.5) is 0 Å². The van der Waals surface area contributed by atoms with Gasteiger partial charge >= 0.3 is 0 Å². The predicted octanol–water partition coefficient (Wildman–Crippen LogP) is 3.94. The zero-order valence-electron chi connectivity index (χ0n) is 15.1. The number of guanidine groups is 1. The number of nitrogens with zero attached hydrogens (tertiary/aromatic N) is 1. The number of hydrogen-bond donors (Lipinski definition) is 2. The first-order chi connectivity index (χ1) is 10.6. The molecule has 2 N–H and O–H groups in total. The maximum atomic E-state index is 5.25. The zero-order chi connectivity index (χ0) is 16.4. The third kappa shape index (κ3) is 9.15. The average Bonchev–Trinajstić information content (AvgIpc) is 2.51. The summed E-state index contributed by atoms with van der Waals surface area (Å²) in [6, 6.07) is 8.73. The molecule has 0 aliphatic heterocycles. The number of aliphatic imine (C=N–C) groups is 1. The van der Waals surface area contributed by atoms with Crippen LogP contribution in [0.25, 0.3) is 0 Å². The summed E-state index contributed by atoms with van der Waals surface area (Å²) in [5.74, 6) is 1.59. The maximum absolute atomic E-state index is 5.25. The van der Waals surface area contributed by atoms with Gasteiger partial charge < -0.3 is 15.4 Å². The van der Waals surface area contributed by atoms with Gasteiger partial charge in [-0.1, -0.05) is 38.1 Å². The Morgan fingerprint density at radius 3 is 2.35 bits per heavy atom. The van der Waals surface area contributed by atoms with Crippen LogP contribution in [0.1, 0.15) is 44.7 Å². The number of ether oxygens (including phenoxy) is 1. The highest BCUT2D eigenvalue weighted by atomic mass is 127. The van der Waals surface area contributed by atoms with Gasteiger partial charge in [-0.05, 0) is 36.8 Å². The second-order valence-electron chi connectivity index (χ2n) is 6.14. The van der Waals surface area contributed by atoms with Gasteiger partial charge in [-0.25, -0.2) is 0 Å². The van der Waals surface area contributed by atoms with Crippen LogP contribution in [0.3, 0.4) is 0 Å². The van der Waals surface area contributed by atoms with Gasteiger partial charge in [-0.2, -0.15) is 0 Å². The van der Waals surface area contributed by atoms with Gasteiger partial charge in [0.2, 0.25) is 0 Å². The maximum Gasteiger partial charge on any atom is 0.191 e. The summed E-state index contributed by atoms with van der Waals surface area (Å²) >= 11 is 0. The molecule has 5 heteroatoms. The largest absolute Gasteiger partial charge is 0.380 e. The average molecular weight is 433 g/mol. The van der Waals surface area contributed by atoms with Crippen LogP contribution >= 0.6 is 24.0 Å². The van der Waals surface area contributed by atoms with E-state index in [0.29, 0.717) is 12.6 Å². The minimum atomic E-state index is 0. The molecule has 23 heavy (non-hydrogen) atoms. The van der Waals surface area contributed by atoms with E-state index in [0.717, 1.165) is 24.8 Å². The molecule has 1 aromatic carbocycles. The van der Waals surface area contributed by atoms with Crippen molar-refractivity contribution in [2.45, 2.75) is 52.8 Å². The molecule has 0 aromatic heterocycles. The number of halogens is 1. The van der Waals surface area contributed by atoms with Crippen molar-refractivity contribution in [3.05, 3.63) is 35.4 Å². The Labute approximate surface area is 158 Å². The summed E-state index contributed by atoms with van der Waals surface area (Å²) in [5.41, 5.74) is 2.45. The Kier molecular flexibility index (Phi) is 12.1. The van der Waals surface area contributed by atoms with Crippen molar-refractivity contribution in [2.24, 2.45) is 10.9 Å². The lowest BCUT2D eigenvalue weighted by Crippen LogP contribution is -2.42. The van der Waals surface area contributed by atoms with E-state index in [1.807, 2.05) is 13.1 Å². The standard InChI is InChI=1S/C18H31N3O.HI/c1-14(2)10-11-15(3)21-18(19-4)20-12-16-8-6-7-9-17(16)13-22-5;/h6-9,14-15H,10-13H2,1-5H3,(H2,19,20,21);1H. The van der Waals surface area contributed by atoms with Crippen molar-refractivity contribution in [3.63, 3.8) is 0 Å². The van der Waals surface area contributed by atoms with E-state index in [2.05, 4.69) is 54.6 Å². The summed E-state index contributed by atoms with van der Waals surface area (Å²) in [4.78, 5) is 4.31. The van der Waals surface area contributed by atoms with E-state index in [4.69, 9.17) is 4.74 Å². The van der Waals surface area contributed by atoms with Crippen LogP contribution in [0, 0.1) is 5.92 Å². The van der Waals surface area contributed by atoms with E-state index in [1.54, 1.807) is 7.11 Å². The van der Waals surface area contributed by atoms with Crippen LogP contribution in [-0.4, -0.2) is 26.2 Å². The van der Waals surface area contributed by atoms with Crippen LogP contribution in [-0.2, 0) is 17.9 Å². The van der Waals surface area contributed by atoms with E-state index < -0.39 is 0 Å². The van der Waals surface area contributed by atoms with Gasteiger partial charge in [0.25, 0.3) is 0 Å². The third-order valence-corrected chi connectivity index (χ3v) is 3.65. The summed E-state index contributed by atoms with van der Waals surface area (Å²) in [6.07, 6.45) is 2.38. The summed E-state index contributed by atoms with van der Waals surface area (Å²) in [7, 11) is 3.53. The molecule has 0 radical (unpaired) electrons. The van der Waals surface area contributed by atoms with Crippen molar-refractivity contribution in [1.82, 2.24) is 10.6 Å². The van der Waals surface area contributed by atoms with E-state index >= 15 is 0 Å². The Morgan fingerprint density at radius 1 is 1.13 bits per heavy atom. The molecule has 1 rings (SSSR count). The van der Waals surface area contributed by atoms with Gasteiger partial charge in [0.05, 0.1) is 6.61 Å². The molecule has 0 fully saturated rings. The predicted molar refractivity (Wildman–Crippen MR) is 109 cm³/mol. The van der Waals surface area contributed by atoms with Crippen LogP contribution < -0.4 is 10.6 Å². The topological polar surface area (TPSA) is 45.7 Å². The SMILES string of the molecule is CN=C(NCc1ccccc1COC)NC(C)CCC(C)C.I. The van der Waals surface area contributed by atoms with E-state index in [9.17, 15) is 0 Å². The molecular formula is C18H32IN3O. The molecule has 0 aliphatic rings. The molecule has 0 aliphatic carbocycles. The molecule has 4 nitrogen and oxygen atoms in total. The fourth-order valence-corrected chi connectivity index (χ4v) is 2.29. The smallest absolute Gasteiger partial charge is 0.191 e. The van der Waals surface area contributed by atoms with Crippen molar-refractivity contribution in [1.29, 1.82) is 0 Å². The van der Waals surface area contributed by atoms with Crippen LogP contribution in [0.15, 0.2) is 29.3 Å². The Bertz CT molecular complexity index is 463. The molecule has 0 amide bonds. The summed E-state index contributed by atoms with van der Waals surface area (Å²) < 4.78 is 5.25. The lowest BCUT2D eigenvalue weighted by molar-refractivity contribution is 0.184. The van der Waals surface area contributed by atoms with Gasteiger partial charge in [0.1, 0.15) is 0 Å². The van der Waals surface area contributed by atoms with Crippen molar-refractivity contribution < 1.29 is 4.74 Å². The first-order valence-electron chi connectivity index (χ1n) is 8.09. The minimum absolute atomic E-state index is 0. The fraction of sp³-hybridized carbons (Fsp3) is 0.611. The molecule has 0 heterocycles. The van der Waals surface area contributed by atoms with Crippen molar-refractivity contribution >= 4 is 29.9 Å². The second kappa shape index (κ2) is 12.6. The normalized spacial score (nSPS) is 12.7. The van der Waals surface area contributed by atoms with Gasteiger partial charge in [0.15, 0.2) is 5.96 Å². The first-order valence-corrected chi connectivity index (χ1v) is 8.09. The number of nitrogens with one attached hydrogen (secondary N) is 2. The highest BCUT2D eigenvalue weighted by Gasteiger charge is 2.07. The molecule has 0 saturated carbocycles. The summed E-state index contributed by atoms with van der Waals surface area (Å²) in [5, 5.41) is 6.84. The highest BCUT2D eigenvalue weighted by Crippen LogP contribution is 2.10. The van der Waals surface area contributed by atoms with Gasteiger partial charge in [-0.3, -0.25) is 4.99 Å². The fourth-order valence-electron chi connectivity index (χ4n) is 2.29. The number of benzene rings is 1. The first kappa shape index (κ1) is 22.2. The molecular weight excluding hydrogens is 401 g/mol. The molecule has 1 unspecified atom stereocenters. The van der Waals surface area contributed by atoms with Crippen molar-refractivity contribution in [3.8, 4) is 0 Å². The second-order valence-corrected chi connectivity index (χ2v) is 6.14. The highest BCUT2D eigenvalue weighted by molar-refractivity contribution is 14.0. The number of methoxy groups -OCH3 is 1. The molecule has 0 spiro atoms. The molecule has 0 saturated heterocycles. The third-order valence-electron chi connectivity index (χ3n) is 3.65. The van der Waals surface area contributed by atoms with E-state index in [1.165, 1.54) is 17.5 Å². The monoisotopic (exact) mass is 433 g/mol. The van der Waals surface area contributed by atoms with Crippen molar-refractivity contribution in [2.75, 3.05) is 14.2 Å². The molecule has 0 bridgehead atoms. The quantitative estimate of drug-likeness (QED) is 0.371.